The third-order valence-corrected chi connectivity index (χ3v) is 7.49. The third kappa shape index (κ3) is 6.40. The van der Waals surface area contributed by atoms with Gasteiger partial charge in [0.25, 0.3) is 0 Å². The van der Waals surface area contributed by atoms with Crippen LogP contribution in [0.4, 0.5) is 0 Å². The molecule has 0 atom stereocenters. The molecule has 176 valence electrons. The molecule has 4 aliphatic heterocycles. The summed E-state index contributed by atoms with van der Waals surface area (Å²) in [6.45, 7) is 11.8. The lowest BCUT2D eigenvalue weighted by Gasteiger charge is -2.48. The van der Waals surface area contributed by atoms with Crippen LogP contribution < -0.4 is 0 Å². The van der Waals surface area contributed by atoms with Crippen molar-refractivity contribution in [2.24, 2.45) is 5.41 Å². The first kappa shape index (κ1) is 23.0. The van der Waals surface area contributed by atoms with Crippen molar-refractivity contribution in [1.82, 2.24) is 19.6 Å². The number of rotatable bonds is 6. The van der Waals surface area contributed by atoms with Crippen LogP contribution in [-0.4, -0.2) is 123 Å². The number of hydrogen-bond acceptors (Lipinski definition) is 6. The Labute approximate surface area is 186 Å². The molecule has 0 N–H and O–H groups in total. The van der Waals surface area contributed by atoms with E-state index in [9.17, 15) is 9.59 Å². The van der Waals surface area contributed by atoms with Gasteiger partial charge in [0.05, 0.1) is 26.4 Å². The van der Waals surface area contributed by atoms with Crippen molar-refractivity contribution in [3.05, 3.63) is 0 Å². The standard InChI is InChI=1S/C23H40N4O4/c28-21(26-11-15-30-16-12-26)3-9-24-7-1-5-23(19-24)6-2-8-25(20-23)10-4-22(29)27-13-17-31-18-14-27/h1-20H2. The Hall–Kier alpha value is -1.22. The third-order valence-electron chi connectivity index (χ3n) is 7.49. The van der Waals surface area contributed by atoms with Crippen molar-refractivity contribution in [3.8, 4) is 0 Å². The summed E-state index contributed by atoms with van der Waals surface area (Å²) in [5.41, 5.74) is 0.334. The van der Waals surface area contributed by atoms with Gasteiger partial charge in [-0.3, -0.25) is 9.59 Å². The molecule has 0 saturated carbocycles. The van der Waals surface area contributed by atoms with Gasteiger partial charge in [-0.2, -0.15) is 0 Å². The van der Waals surface area contributed by atoms with E-state index in [0.717, 1.165) is 65.4 Å². The summed E-state index contributed by atoms with van der Waals surface area (Å²) in [6, 6.07) is 0. The highest BCUT2D eigenvalue weighted by Gasteiger charge is 2.39. The molecule has 0 radical (unpaired) electrons. The van der Waals surface area contributed by atoms with Gasteiger partial charge in [-0.25, -0.2) is 0 Å². The molecule has 4 fully saturated rings. The first-order valence-electron chi connectivity index (χ1n) is 12.3. The summed E-state index contributed by atoms with van der Waals surface area (Å²) in [5, 5.41) is 0. The number of nitrogens with zero attached hydrogens (tertiary/aromatic N) is 4. The van der Waals surface area contributed by atoms with Crippen LogP contribution in [0.3, 0.4) is 0 Å². The monoisotopic (exact) mass is 436 g/mol. The highest BCUT2D eigenvalue weighted by atomic mass is 16.5. The summed E-state index contributed by atoms with van der Waals surface area (Å²) >= 11 is 0. The van der Waals surface area contributed by atoms with Crippen LogP contribution in [0.5, 0.6) is 0 Å². The van der Waals surface area contributed by atoms with Crippen molar-refractivity contribution in [2.45, 2.75) is 38.5 Å². The van der Waals surface area contributed by atoms with Crippen molar-refractivity contribution in [1.29, 1.82) is 0 Å². The number of ether oxygens (including phenoxy) is 2. The molecule has 4 heterocycles. The summed E-state index contributed by atoms with van der Waals surface area (Å²) in [6.07, 6.45) is 6.21. The second kappa shape index (κ2) is 11.1. The van der Waals surface area contributed by atoms with E-state index in [1.165, 1.54) is 25.7 Å². The van der Waals surface area contributed by atoms with E-state index in [-0.39, 0.29) is 11.8 Å². The number of hydrogen-bond donors (Lipinski definition) is 0. The summed E-state index contributed by atoms with van der Waals surface area (Å²) in [4.78, 5) is 34.0. The SMILES string of the molecule is O=C(CCN1CCCC2(CCCN(CCC(=O)N3CCOCC3)C2)C1)N1CCOCC1. The van der Waals surface area contributed by atoms with Crippen molar-refractivity contribution in [2.75, 3.05) is 91.9 Å². The molecular formula is C23H40N4O4. The maximum Gasteiger partial charge on any atom is 0.224 e. The highest BCUT2D eigenvalue weighted by Crippen LogP contribution is 2.38. The Kier molecular flexibility index (Phi) is 8.20. The Morgan fingerprint density at radius 3 is 1.48 bits per heavy atom. The lowest BCUT2D eigenvalue weighted by Crippen LogP contribution is -2.53. The molecule has 1 spiro atoms. The van der Waals surface area contributed by atoms with E-state index in [2.05, 4.69) is 9.80 Å². The molecule has 8 nitrogen and oxygen atoms in total. The molecule has 4 aliphatic rings. The quantitative estimate of drug-likeness (QED) is 0.610. The Morgan fingerprint density at radius 2 is 1.06 bits per heavy atom. The maximum absolute atomic E-state index is 12.5. The molecule has 0 aromatic heterocycles. The van der Waals surface area contributed by atoms with E-state index in [0.29, 0.717) is 44.7 Å². The van der Waals surface area contributed by atoms with Crippen LogP contribution in [-0.2, 0) is 19.1 Å². The summed E-state index contributed by atoms with van der Waals surface area (Å²) in [5.74, 6) is 0.546. The average molecular weight is 437 g/mol. The van der Waals surface area contributed by atoms with Gasteiger partial charge in [0, 0.05) is 65.2 Å². The van der Waals surface area contributed by atoms with Gasteiger partial charge in [-0.1, -0.05) is 0 Å². The van der Waals surface area contributed by atoms with Gasteiger partial charge in [0.2, 0.25) is 11.8 Å². The number of amides is 2. The molecule has 0 aromatic rings. The van der Waals surface area contributed by atoms with E-state index in [1.807, 2.05) is 9.80 Å². The van der Waals surface area contributed by atoms with Crippen LogP contribution in [0, 0.1) is 5.41 Å². The van der Waals surface area contributed by atoms with E-state index in [1.54, 1.807) is 0 Å². The molecule has 4 rings (SSSR count). The minimum Gasteiger partial charge on any atom is -0.378 e. The predicted octanol–water partition coefficient (Wildman–Crippen LogP) is 0.662. The van der Waals surface area contributed by atoms with Gasteiger partial charge < -0.3 is 29.1 Å². The molecule has 4 saturated heterocycles. The Balaban J connectivity index is 1.22. The van der Waals surface area contributed by atoms with Crippen LogP contribution in [0.1, 0.15) is 38.5 Å². The minimum absolute atomic E-state index is 0.273. The fourth-order valence-electron chi connectivity index (χ4n) is 5.78. The van der Waals surface area contributed by atoms with Gasteiger partial charge in [-0.15, -0.1) is 0 Å². The van der Waals surface area contributed by atoms with Gasteiger partial charge >= 0.3 is 0 Å². The maximum atomic E-state index is 12.5. The topological polar surface area (TPSA) is 65.6 Å². The summed E-state index contributed by atoms with van der Waals surface area (Å²) < 4.78 is 10.7. The number of morpholine rings is 2. The molecule has 31 heavy (non-hydrogen) atoms. The van der Waals surface area contributed by atoms with Crippen LogP contribution >= 0.6 is 0 Å². The van der Waals surface area contributed by atoms with E-state index < -0.39 is 0 Å². The second-order valence-electron chi connectivity index (χ2n) is 9.75. The second-order valence-corrected chi connectivity index (χ2v) is 9.75. The van der Waals surface area contributed by atoms with Crippen LogP contribution in [0.15, 0.2) is 0 Å². The Bertz CT molecular complexity index is 552. The smallest absolute Gasteiger partial charge is 0.224 e. The first-order valence-corrected chi connectivity index (χ1v) is 12.3. The lowest BCUT2D eigenvalue weighted by molar-refractivity contribution is -0.136. The van der Waals surface area contributed by atoms with Crippen molar-refractivity contribution in [3.63, 3.8) is 0 Å². The fraction of sp³-hybridized carbons (Fsp3) is 0.913. The molecule has 0 bridgehead atoms. The predicted molar refractivity (Wildman–Crippen MR) is 118 cm³/mol. The summed E-state index contributed by atoms with van der Waals surface area (Å²) in [7, 11) is 0. The molecule has 0 aliphatic carbocycles. The largest absolute Gasteiger partial charge is 0.378 e. The lowest BCUT2D eigenvalue weighted by atomic mass is 9.73. The molecule has 0 unspecified atom stereocenters. The van der Waals surface area contributed by atoms with Gasteiger partial charge in [0.1, 0.15) is 0 Å². The molecule has 2 amide bonds. The number of carbonyl (C=O) groups is 2. The van der Waals surface area contributed by atoms with Crippen molar-refractivity contribution < 1.29 is 19.1 Å². The molecule has 8 heteroatoms. The molecule has 0 aromatic carbocycles. The average Bonchev–Trinajstić information content (AvgIpc) is 2.82. The van der Waals surface area contributed by atoms with Gasteiger partial charge in [0.15, 0.2) is 0 Å². The number of carbonyl (C=O) groups excluding carboxylic acids is 2. The zero-order valence-electron chi connectivity index (χ0n) is 19.1. The van der Waals surface area contributed by atoms with Gasteiger partial charge in [-0.05, 0) is 44.2 Å². The van der Waals surface area contributed by atoms with E-state index in [4.69, 9.17) is 9.47 Å². The van der Waals surface area contributed by atoms with E-state index >= 15 is 0 Å². The zero-order valence-corrected chi connectivity index (χ0v) is 19.1. The number of likely N-dealkylation sites (tertiary alicyclic amines) is 2. The normalized spacial score (nSPS) is 25.7. The Morgan fingerprint density at radius 1 is 0.645 bits per heavy atom. The van der Waals surface area contributed by atoms with Crippen molar-refractivity contribution >= 4 is 11.8 Å². The highest BCUT2D eigenvalue weighted by molar-refractivity contribution is 5.76. The van der Waals surface area contributed by atoms with Crippen LogP contribution in [0.2, 0.25) is 0 Å². The first-order chi connectivity index (χ1) is 15.1. The number of piperidine rings is 2. The minimum atomic E-state index is 0.273. The van der Waals surface area contributed by atoms with Crippen LogP contribution in [0.25, 0.3) is 0 Å². The fourth-order valence-corrected chi connectivity index (χ4v) is 5.78. The molecular weight excluding hydrogens is 396 g/mol. The zero-order chi connectivity index (χ0) is 21.5.